The third-order valence-electron chi connectivity index (χ3n) is 6.06. The van der Waals surface area contributed by atoms with Gasteiger partial charge in [0.1, 0.15) is 0 Å². The molecule has 1 aliphatic heterocycles. The van der Waals surface area contributed by atoms with Gasteiger partial charge in [0.05, 0.1) is 19.1 Å². The molecule has 0 aliphatic carbocycles. The molecule has 0 spiro atoms. The number of hydrogen-bond acceptors (Lipinski definition) is 5. The van der Waals surface area contributed by atoms with Crippen LogP contribution in [-0.4, -0.2) is 45.9 Å². The van der Waals surface area contributed by atoms with Crippen molar-refractivity contribution in [2.24, 2.45) is 5.92 Å². The summed E-state index contributed by atoms with van der Waals surface area (Å²) in [5.74, 6) is 0.579. The van der Waals surface area contributed by atoms with Gasteiger partial charge >= 0.3 is 0 Å². The van der Waals surface area contributed by atoms with Crippen molar-refractivity contribution in [3.8, 4) is 11.5 Å². The minimum atomic E-state index is -3.68. The molecule has 1 saturated heterocycles. The fraction of sp³-hybridized carbons (Fsp3) is 0.458. The zero-order valence-electron chi connectivity index (χ0n) is 19.2. The molecule has 7 nitrogen and oxygen atoms in total. The lowest BCUT2D eigenvalue weighted by molar-refractivity contribution is -0.120. The number of carbonyl (C=O) groups is 1. The lowest BCUT2D eigenvalue weighted by atomic mass is 9.96. The molecule has 1 aliphatic rings. The number of anilines is 1. The van der Waals surface area contributed by atoms with E-state index in [1.54, 1.807) is 6.07 Å². The van der Waals surface area contributed by atoms with Crippen molar-refractivity contribution in [3.63, 3.8) is 0 Å². The van der Waals surface area contributed by atoms with Crippen LogP contribution >= 0.6 is 0 Å². The number of para-hydroxylation sites is 1. The lowest BCUT2D eigenvalue weighted by Gasteiger charge is -2.31. The van der Waals surface area contributed by atoms with Gasteiger partial charge in [-0.15, -0.1) is 0 Å². The van der Waals surface area contributed by atoms with Crippen LogP contribution in [0.15, 0.2) is 41.3 Å². The van der Waals surface area contributed by atoms with Crippen LogP contribution in [0.5, 0.6) is 11.5 Å². The highest BCUT2D eigenvalue weighted by molar-refractivity contribution is 7.89. The van der Waals surface area contributed by atoms with Crippen molar-refractivity contribution in [1.82, 2.24) is 4.31 Å². The molecule has 8 heteroatoms. The standard InChI is InChI=1S/C24H32N2O5S/c1-5-17-8-7-9-18(6-2)23(17)25-24(27)19-12-14-26(15-13-19)32(28,29)20-10-11-21(30-3)22(16-20)31-4/h7-11,16,19H,5-6,12-15H2,1-4H3,(H,25,27). The van der Waals surface area contributed by atoms with E-state index in [0.717, 1.165) is 29.7 Å². The summed E-state index contributed by atoms with van der Waals surface area (Å²) in [6.45, 7) is 4.74. The number of piperidine rings is 1. The first-order valence-corrected chi connectivity index (χ1v) is 12.4. The quantitative estimate of drug-likeness (QED) is 0.646. The summed E-state index contributed by atoms with van der Waals surface area (Å²) >= 11 is 0. The van der Waals surface area contributed by atoms with E-state index in [0.29, 0.717) is 37.4 Å². The van der Waals surface area contributed by atoms with Crippen LogP contribution in [0.2, 0.25) is 0 Å². The minimum Gasteiger partial charge on any atom is -0.493 e. The zero-order valence-corrected chi connectivity index (χ0v) is 20.0. The lowest BCUT2D eigenvalue weighted by Crippen LogP contribution is -2.41. The molecule has 1 N–H and O–H groups in total. The van der Waals surface area contributed by atoms with Crippen molar-refractivity contribution in [3.05, 3.63) is 47.5 Å². The van der Waals surface area contributed by atoms with Gasteiger partial charge in [0.2, 0.25) is 15.9 Å². The number of rotatable bonds is 8. The fourth-order valence-corrected chi connectivity index (χ4v) is 5.60. The van der Waals surface area contributed by atoms with Crippen molar-refractivity contribution in [2.45, 2.75) is 44.4 Å². The van der Waals surface area contributed by atoms with Gasteiger partial charge in [0.15, 0.2) is 11.5 Å². The van der Waals surface area contributed by atoms with Crippen LogP contribution in [0, 0.1) is 5.92 Å². The smallest absolute Gasteiger partial charge is 0.243 e. The Morgan fingerprint density at radius 3 is 2.12 bits per heavy atom. The Bertz CT molecular complexity index is 1040. The van der Waals surface area contributed by atoms with E-state index in [1.165, 1.54) is 30.7 Å². The Kier molecular flexibility index (Phi) is 7.79. The van der Waals surface area contributed by atoms with E-state index >= 15 is 0 Å². The molecule has 0 saturated carbocycles. The summed E-state index contributed by atoms with van der Waals surface area (Å²) < 4.78 is 38.1. The van der Waals surface area contributed by atoms with Crippen LogP contribution in [0.4, 0.5) is 5.69 Å². The summed E-state index contributed by atoms with van der Waals surface area (Å²) in [4.78, 5) is 13.1. The second-order valence-corrected chi connectivity index (χ2v) is 9.78. The Hall–Kier alpha value is -2.58. The van der Waals surface area contributed by atoms with Crippen molar-refractivity contribution >= 4 is 21.6 Å². The van der Waals surface area contributed by atoms with Crippen LogP contribution < -0.4 is 14.8 Å². The highest BCUT2D eigenvalue weighted by Crippen LogP contribution is 2.32. The molecule has 174 valence electrons. The zero-order chi connectivity index (χ0) is 23.3. The van der Waals surface area contributed by atoms with Gasteiger partial charge in [-0.3, -0.25) is 4.79 Å². The average Bonchev–Trinajstić information content (AvgIpc) is 2.83. The first-order chi connectivity index (χ1) is 15.3. The number of carbonyl (C=O) groups excluding carboxylic acids is 1. The monoisotopic (exact) mass is 460 g/mol. The van der Waals surface area contributed by atoms with Crippen LogP contribution in [0.25, 0.3) is 0 Å². The number of benzene rings is 2. The SMILES string of the molecule is CCc1cccc(CC)c1NC(=O)C1CCN(S(=O)(=O)c2ccc(OC)c(OC)c2)CC1. The first kappa shape index (κ1) is 24.1. The van der Waals surface area contributed by atoms with Crippen LogP contribution in [0.1, 0.15) is 37.8 Å². The molecule has 2 aromatic carbocycles. The Labute approximate surface area is 190 Å². The topological polar surface area (TPSA) is 84.9 Å². The van der Waals surface area contributed by atoms with Gasteiger partial charge in [-0.2, -0.15) is 4.31 Å². The number of sulfonamides is 1. The summed E-state index contributed by atoms with van der Waals surface area (Å²) in [5.41, 5.74) is 3.14. The normalized spacial score (nSPS) is 15.4. The second kappa shape index (κ2) is 10.4. The van der Waals surface area contributed by atoms with Crippen molar-refractivity contribution in [1.29, 1.82) is 0 Å². The molecule has 0 bridgehead atoms. The molecule has 1 heterocycles. The predicted octanol–water partition coefficient (Wildman–Crippen LogP) is 3.87. The number of hydrogen-bond donors (Lipinski definition) is 1. The highest BCUT2D eigenvalue weighted by Gasteiger charge is 2.33. The number of nitrogens with one attached hydrogen (secondary N) is 1. The van der Waals surface area contributed by atoms with E-state index in [-0.39, 0.29) is 16.7 Å². The molecular formula is C24H32N2O5S. The third-order valence-corrected chi connectivity index (χ3v) is 7.96. The average molecular weight is 461 g/mol. The number of ether oxygens (including phenoxy) is 2. The molecule has 0 atom stereocenters. The molecule has 1 amide bonds. The van der Waals surface area contributed by atoms with E-state index in [9.17, 15) is 13.2 Å². The first-order valence-electron chi connectivity index (χ1n) is 11.0. The van der Waals surface area contributed by atoms with Crippen LogP contribution in [0.3, 0.4) is 0 Å². The largest absolute Gasteiger partial charge is 0.493 e. The number of amides is 1. The molecule has 0 aromatic heterocycles. The number of nitrogens with zero attached hydrogens (tertiary/aromatic N) is 1. The van der Waals surface area contributed by atoms with Crippen molar-refractivity contribution in [2.75, 3.05) is 32.6 Å². The Balaban J connectivity index is 1.69. The second-order valence-electron chi connectivity index (χ2n) is 7.84. The van der Waals surface area contributed by atoms with Gasteiger partial charge in [0.25, 0.3) is 0 Å². The Morgan fingerprint density at radius 1 is 1.00 bits per heavy atom. The summed E-state index contributed by atoms with van der Waals surface area (Å²) in [6, 6.07) is 10.7. The molecule has 0 radical (unpaired) electrons. The van der Waals surface area contributed by atoms with Gasteiger partial charge in [-0.1, -0.05) is 32.0 Å². The summed E-state index contributed by atoms with van der Waals surface area (Å²) in [6.07, 6.45) is 2.64. The predicted molar refractivity (Wildman–Crippen MR) is 125 cm³/mol. The van der Waals surface area contributed by atoms with Gasteiger partial charge < -0.3 is 14.8 Å². The van der Waals surface area contributed by atoms with E-state index in [1.807, 2.05) is 18.2 Å². The molecule has 0 unspecified atom stereocenters. The molecule has 1 fully saturated rings. The maximum absolute atomic E-state index is 13.1. The maximum atomic E-state index is 13.1. The van der Waals surface area contributed by atoms with E-state index in [2.05, 4.69) is 19.2 Å². The van der Waals surface area contributed by atoms with E-state index < -0.39 is 10.0 Å². The number of methoxy groups -OCH3 is 2. The summed E-state index contributed by atoms with van der Waals surface area (Å²) in [5, 5.41) is 3.13. The number of aryl methyl sites for hydroxylation is 2. The molecule has 2 aromatic rings. The van der Waals surface area contributed by atoms with Crippen molar-refractivity contribution < 1.29 is 22.7 Å². The highest BCUT2D eigenvalue weighted by atomic mass is 32.2. The Morgan fingerprint density at radius 2 is 1.59 bits per heavy atom. The fourth-order valence-electron chi connectivity index (χ4n) is 4.11. The minimum absolute atomic E-state index is 0.0382. The van der Waals surface area contributed by atoms with Gasteiger partial charge in [-0.25, -0.2) is 8.42 Å². The van der Waals surface area contributed by atoms with E-state index in [4.69, 9.17) is 9.47 Å². The summed E-state index contributed by atoms with van der Waals surface area (Å²) in [7, 11) is -0.707. The third kappa shape index (κ3) is 4.91. The van der Waals surface area contributed by atoms with Gasteiger partial charge in [0, 0.05) is 30.8 Å². The van der Waals surface area contributed by atoms with Crippen LogP contribution in [-0.2, 0) is 27.7 Å². The maximum Gasteiger partial charge on any atom is 0.243 e. The van der Waals surface area contributed by atoms with Gasteiger partial charge in [-0.05, 0) is 48.9 Å². The molecule has 3 rings (SSSR count). The molecular weight excluding hydrogens is 428 g/mol. The molecule has 32 heavy (non-hydrogen) atoms.